The quantitative estimate of drug-likeness (QED) is 0.770. The molecule has 2 rings (SSSR count). The molecule has 0 bridgehead atoms. The molecule has 2 aromatic carbocycles. The minimum atomic E-state index is -3.67. The molecule has 0 aromatic heterocycles. The second-order valence-electron chi connectivity index (χ2n) is 4.41. The number of nitrogens with two attached hydrogens (primary N) is 2. The fourth-order valence-electron chi connectivity index (χ4n) is 1.56. The molecular weight excluding hydrogens is 375 g/mol. The fourth-order valence-corrected chi connectivity index (χ4v) is 2.23. The van der Waals surface area contributed by atoms with Crippen LogP contribution in [0.25, 0.3) is 0 Å². The molecule has 0 unspecified atom stereocenters. The molecule has 0 amide bonds. The van der Waals surface area contributed by atoms with E-state index < -0.39 is 10.2 Å². The van der Waals surface area contributed by atoms with Crippen molar-refractivity contribution in [1.29, 1.82) is 0 Å². The number of benzene rings is 2. The van der Waals surface area contributed by atoms with Gasteiger partial charge in [-0.25, -0.2) is 14.7 Å². The Hall–Kier alpha value is -1.61. The molecule has 0 radical (unpaired) electrons. The molecule has 0 aliphatic carbocycles. The summed E-state index contributed by atoms with van der Waals surface area (Å²) in [7, 11) is -3.67. The number of rotatable bonds is 2. The van der Waals surface area contributed by atoms with Crippen LogP contribution in [0.3, 0.4) is 0 Å². The summed E-state index contributed by atoms with van der Waals surface area (Å²) in [5, 5.41) is 8.21. The number of aryl methyl sites for hydroxylation is 1. The molecule has 0 atom stereocenters. The van der Waals surface area contributed by atoms with Crippen molar-refractivity contribution >= 4 is 31.9 Å². The van der Waals surface area contributed by atoms with Gasteiger partial charge in [-0.15, -0.1) is 0 Å². The standard InChI is InChI=1S/C14H10BrFO.H4N2O2S/c1-9-2-7-12(13(15)8-9)14(17)10-3-5-11(16)6-4-10;1-5(2,3)4/h2-8H,1H3;(H4,1,2,3,4). The Bertz CT molecular complexity index is 769. The van der Waals surface area contributed by atoms with Gasteiger partial charge in [0.25, 0.3) is 10.2 Å². The SMILES string of the molecule is Cc1ccc(C(=O)c2ccc(F)cc2)c(Br)c1.NS(N)(=O)=O. The molecule has 118 valence electrons. The van der Waals surface area contributed by atoms with E-state index in [1.165, 1.54) is 24.3 Å². The maximum atomic E-state index is 12.8. The predicted molar refractivity (Wildman–Crippen MR) is 86.0 cm³/mol. The third-order valence-corrected chi connectivity index (χ3v) is 3.13. The summed E-state index contributed by atoms with van der Waals surface area (Å²) in [6.45, 7) is 1.96. The molecule has 0 saturated heterocycles. The van der Waals surface area contributed by atoms with Crippen LogP contribution < -0.4 is 10.3 Å². The van der Waals surface area contributed by atoms with Gasteiger partial charge in [0, 0.05) is 15.6 Å². The maximum Gasteiger partial charge on any atom is 0.271 e. The van der Waals surface area contributed by atoms with Gasteiger partial charge in [0.05, 0.1) is 0 Å². The Kier molecular flexibility index (Phi) is 6.36. The third-order valence-electron chi connectivity index (χ3n) is 2.48. The van der Waals surface area contributed by atoms with Crippen molar-refractivity contribution in [2.45, 2.75) is 6.92 Å². The zero-order chi connectivity index (χ0) is 16.9. The highest BCUT2D eigenvalue weighted by Gasteiger charge is 2.12. The first-order valence-electron chi connectivity index (χ1n) is 5.95. The van der Waals surface area contributed by atoms with Crippen molar-refractivity contribution in [2.75, 3.05) is 0 Å². The number of ketones is 1. The average molecular weight is 389 g/mol. The Labute approximate surface area is 136 Å². The summed E-state index contributed by atoms with van der Waals surface area (Å²) in [6.07, 6.45) is 0. The van der Waals surface area contributed by atoms with E-state index in [4.69, 9.17) is 0 Å². The second-order valence-corrected chi connectivity index (χ2v) is 6.44. The molecular formula is C14H14BrFN2O3S. The molecule has 22 heavy (non-hydrogen) atoms. The van der Waals surface area contributed by atoms with Gasteiger partial charge in [-0.3, -0.25) is 4.79 Å². The maximum absolute atomic E-state index is 12.8. The second kappa shape index (κ2) is 7.59. The Balaban J connectivity index is 0.000000422. The lowest BCUT2D eigenvalue weighted by molar-refractivity contribution is 0.103. The van der Waals surface area contributed by atoms with Crippen molar-refractivity contribution in [3.63, 3.8) is 0 Å². The smallest absolute Gasteiger partial charge is 0.271 e. The minimum Gasteiger partial charge on any atom is -0.289 e. The highest BCUT2D eigenvalue weighted by atomic mass is 79.9. The van der Waals surface area contributed by atoms with Crippen LogP contribution in [0.1, 0.15) is 21.5 Å². The highest BCUT2D eigenvalue weighted by molar-refractivity contribution is 9.10. The van der Waals surface area contributed by atoms with E-state index in [1.54, 1.807) is 6.07 Å². The lowest BCUT2D eigenvalue weighted by Crippen LogP contribution is -2.21. The van der Waals surface area contributed by atoms with E-state index in [-0.39, 0.29) is 11.6 Å². The average Bonchev–Trinajstić information content (AvgIpc) is 2.37. The molecule has 0 aliphatic rings. The first-order chi connectivity index (χ1) is 10.1. The summed E-state index contributed by atoms with van der Waals surface area (Å²) in [5.41, 5.74) is 2.14. The predicted octanol–water partition coefficient (Wildman–Crippen LogP) is 2.28. The largest absolute Gasteiger partial charge is 0.289 e. The van der Waals surface area contributed by atoms with E-state index in [0.29, 0.717) is 11.1 Å². The topological polar surface area (TPSA) is 103 Å². The molecule has 5 nitrogen and oxygen atoms in total. The fraction of sp³-hybridized carbons (Fsp3) is 0.0714. The van der Waals surface area contributed by atoms with Crippen LogP contribution in [0.4, 0.5) is 4.39 Å². The van der Waals surface area contributed by atoms with Crippen molar-refractivity contribution in [3.05, 3.63) is 69.4 Å². The number of halogens is 2. The van der Waals surface area contributed by atoms with E-state index in [9.17, 15) is 17.6 Å². The normalized spacial score (nSPS) is 10.6. The zero-order valence-electron chi connectivity index (χ0n) is 11.6. The third kappa shape index (κ3) is 6.44. The van der Waals surface area contributed by atoms with Crippen molar-refractivity contribution in [3.8, 4) is 0 Å². The van der Waals surface area contributed by atoms with E-state index in [0.717, 1.165) is 10.0 Å². The highest BCUT2D eigenvalue weighted by Crippen LogP contribution is 2.21. The number of hydrogen-bond acceptors (Lipinski definition) is 3. The zero-order valence-corrected chi connectivity index (χ0v) is 14.0. The minimum absolute atomic E-state index is 0.114. The van der Waals surface area contributed by atoms with E-state index >= 15 is 0 Å². The lowest BCUT2D eigenvalue weighted by Gasteiger charge is -2.04. The molecule has 4 N–H and O–H groups in total. The molecule has 0 saturated carbocycles. The number of hydrogen-bond donors (Lipinski definition) is 2. The van der Waals surface area contributed by atoms with Crippen LogP contribution in [0.2, 0.25) is 0 Å². The van der Waals surface area contributed by atoms with Gasteiger partial charge in [0.2, 0.25) is 0 Å². The lowest BCUT2D eigenvalue weighted by atomic mass is 10.0. The van der Waals surface area contributed by atoms with Gasteiger partial charge in [-0.05, 0) is 48.9 Å². The first-order valence-corrected chi connectivity index (χ1v) is 8.35. The van der Waals surface area contributed by atoms with Gasteiger partial charge in [-0.1, -0.05) is 22.0 Å². The van der Waals surface area contributed by atoms with Crippen LogP contribution in [0.15, 0.2) is 46.9 Å². The van der Waals surface area contributed by atoms with Crippen LogP contribution in [0.5, 0.6) is 0 Å². The summed E-state index contributed by atoms with van der Waals surface area (Å²) in [5.74, 6) is -0.457. The van der Waals surface area contributed by atoms with Gasteiger partial charge < -0.3 is 0 Å². The summed E-state index contributed by atoms with van der Waals surface area (Å²) >= 11 is 3.36. The first kappa shape index (κ1) is 18.4. The van der Waals surface area contributed by atoms with Crippen LogP contribution in [-0.4, -0.2) is 14.2 Å². The van der Waals surface area contributed by atoms with Crippen molar-refractivity contribution in [1.82, 2.24) is 0 Å². The van der Waals surface area contributed by atoms with Crippen LogP contribution in [0, 0.1) is 12.7 Å². The summed E-state index contributed by atoms with van der Waals surface area (Å²) in [6, 6.07) is 11.1. The Morgan fingerprint density at radius 2 is 1.59 bits per heavy atom. The Morgan fingerprint density at radius 1 is 1.09 bits per heavy atom. The van der Waals surface area contributed by atoms with Crippen LogP contribution in [-0.2, 0) is 10.2 Å². The summed E-state index contributed by atoms with van der Waals surface area (Å²) in [4.78, 5) is 12.1. The molecule has 8 heteroatoms. The molecule has 0 heterocycles. The molecule has 2 aromatic rings. The monoisotopic (exact) mass is 388 g/mol. The van der Waals surface area contributed by atoms with Crippen LogP contribution >= 0.6 is 15.9 Å². The van der Waals surface area contributed by atoms with Gasteiger partial charge in [0.1, 0.15) is 5.82 Å². The number of carbonyl (C=O) groups is 1. The van der Waals surface area contributed by atoms with E-state index in [1.807, 2.05) is 19.1 Å². The number of carbonyl (C=O) groups excluding carboxylic acids is 1. The van der Waals surface area contributed by atoms with E-state index in [2.05, 4.69) is 26.2 Å². The van der Waals surface area contributed by atoms with Gasteiger partial charge >= 0.3 is 0 Å². The van der Waals surface area contributed by atoms with Gasteiger partial charge in [-0.2, -0.15) is 8.42 Å². The molecule has 0 spiro atoms. The summed E-state index contributed by atoms with van der Waals surface area (Å²) < 4.78 is 31.9. The van der Waals surface area contributed by atoms with Crippen molar-refractivity contribution in [2.24, 2.45) is 10.3 Å². The Morgan fingerprint density at radius 3 is 2.05 bits per heavy atom. The van der Waals surface area contributed by atoms with Gasteiger partial charge in [0.15, 0.2) is 5.78 Å². The molecule has 0 aliphatic heterocycles. The molecule has 0 fully saturated rings. The van der Waals surface area contributed by atoms with Crippen molar-refractivity contribution < 1.29 is 17.6 Å².